The molecule has 0 spiro atoms. The van der Waals surface area contributed by atoms with Crippen LogP contribution in [0.1, 0.15) is 13.8 Å². The van der Waals surface area contributed by atoms with Gasteiger partial charge in [0.1, 0.15) is 6.54 Å². The van der Waals surface area contributed by atoms with Crippen molar-refractivity contribution in [2.24, 2.45) is 0 Å². The molecule has 1 aliphatic rings. The highest BCUT2D eigenvalue weighted by molar-refractivity contribution is 5.94. The molecule has 1 aliphatic heterocycles. The van der Waals surface area contributed by atoms with Crippen LogP contribution in [0.5, 0.6) is 0 Å². The molecule has 2 heterocycles. The van der Waals surface area contributed by atoms with Gasteiger partial charge in [-0.1, -0.05) is 24.3 Å². The molecule has 0 radical (unpaired) electrons. The van der Waals surface area contributed by atoms with Crippen molar-refractivity contribution in [1.29, 1.82) is 0 Å². The lowest BCUT2D eigenvalue weighted by Crippen LogP contribution is -2.48. The molecule has 4 rings (SSSR count). The number of hydrogen-bond donors (Lipinski definition) is 1. The number of para-hydroxylation sites is 2. The number of nitrogens with one attached hydrogen (secondary N) is 1. The number of rotatable bonds is 5. The van der Waals surface area contributed by atoms with Crippen molar-refractivity contribution in [2.75, 3.05) is 26.2 Å². The summed E-state index contributed by atoms with van der Waals surface area (Å²) in [7, 11) is 0. The third kappa shape index (κ3) is 4.18. The summed E-state index contributed by atoms with van der Waals surface area (Å²) in [6, 6.07) is 14.9. The molecule has 2 aromatic carbocycles. The van der Waals surface area contributed by atoms with Crippen LogP contribution in [-0.4, -0.2) is 53.8 Å². The fraction of sp³-hybridized carbons (Fsp3) is 0.391. The Labute approximate surface area is 170 Å². The monoisotopic (exact) mass is 393 g/mol. The Morgan fingerprint density at radius 3 is 2.14 bits per heavy atom. The van der Waals surface area contributed by atoms with Crippen molar-refractivity contribution in [3.8, 4) is 0 Å². The van der Waals surface area contributed by atoms with E-state index in [1.165, 1.54) is 0 Å². The Morgan fingerprint density at radius 1 is 1.00 bits per heavy atom. The van der Waals surface area contributed by atoms with Crippen molar-refractivity contribution in [3.63, 3.8) is 0 Å². The standard InChI is InChI=1S/C23H27N3O3/c1-16-13-25(14-17(2)29-16)12-11-24-22(27)15-26-20-9-5-3-7-18(20)23(28)19-8-4-6-10-21(19)26/h3-10,16-17H,11-15H2,1-2H3,(H,24,27). The van der Waals surface area contributed by atoms with E-state index in [4.69, 9.17) is 4.74 Å². The van der Waals surface area contributed by atoms with Gasteiger partial charge in [0.05, 0.1) is 23.2 Å². The number of morpholine rings is 1. The topological polar surface area (TPSA) is 63.6 Å². The van der Waals surface area contributed by atoms with Gasteiger partial charge in [0.15, 0.2) is 5.43 Å². The minimum atomic E-state index is -0.0571. The van der Waals surface area contributed by atoms with E-state index in [9.17, 15) is 9.59 Å². The number of ether oxygens (including phenoxy) is 1. The lowest BCUT2D eigenvalue weighted by atomic mass is 10.1. The summed E-state index contributed by atoms with van der Waals surface area (Å²) in [6.07, 6.45) is 0.432. The maximum atomic E-state index is 12.8. The van der Waals surface area contributed by atoms with Gasteiger partial charge < -0.3 is 14.6 Å². The molecule has 29 heavy (non-hydrogen) atoms. The molecular formula is C23H27N3O3. The number of pyridine rings is 1. The Bertz CT molecular complexity index is 1020. The Morgan fingerprint density at radius 2 is 1.55 bits per heavy atom. The SMILES string of the molecule is CC1CN(CCNC(=O)Cn2c3ccccc3c(=O)c3ccccc32)CC(C)O1. The zero-order valence-corrected chi connectivity index (χ0v) is 16.9. The van der Waals surface area contributed by atoms with Crippen LogP contribution in [0.4, 0.5) is 0 Å². The maximum absolute atomic E-state index is 12.8. The molecule has 1 N–H and O–H groups in total. The van der Waals surface area contributed by atoms with E-state index in [2.05, 4.69) is 24.1 Å². The molecule has 1 fully saturated rings. The van der Waals surface area contributed by atoms with Crippen molar-refractivity contribution in [1.82, 2.24) is 14.8 Å². The molecule has 0 saturated carbocycles. The predicted octanol–water partition coefficient (Wildman–Crippen LogP) is 2.38. The third-order valence-electron chi connectivity index (χ3n) is 5.43. The van der Waals surface area contributed by atoms with E-state index in [0.29, 0.717) is 17.3 Å². The van der Waals surface area contributed by atoms with Gasteiger partial charge in [-0.3, -0.25) is 14.5 Å². The van der Waals surface area contributed by atoms with Crippen LogP contribution >= 0.6 is 0 Å². The average molecular weight is 393 g/mol. The van der Waals surface area contributed by atoms with Crippen LogP contribution in [0, 0.1) is 0 Å². The van der Waals surface area contributed by atoms with Crippen molar-refractivity contribution in [2.45, 2.75) is 32.6 Å². The third-order valence-corrected chi connectivity index (χ3v) is 5.43. The second kappa shape index (κ2) is 8.35. The minimum Gasteiger partial charge on any atom is -0.373 e. The number of benzene rings is 2. The number of nitrogens with zero attached hydrogens (tertiary/aromatic N) is 2. The average Bonchev–Trinajstić information content (AvgIpc) is 2.70. The van der Waals surface area contributed by atoms with E-state index < -0.39 is 0 Å². The van der Waals surface area contributed by atoms with Gasteiger partial charge in [-0.15, -0.1) is 0 Å². The van der Waals surface area contributed by atoms with Crippen LogP contribution in [0.25, 0.3) is 21.8 Å². The largest absolute Gasteiger partial charge is 0.373 e. The van der Waals surface area contributed by atoms with Crippen LogP contribution in [-0.2, 0) is 16.1 Å². The quantitative estimate of drug-likeness (QED) is 0.676. The van der Waals surface area contributed by atoms with Gasteiger partial charge in [0, 0.05) is 37.0 Å². The van der Waals surface area contributed by atoms with E-state index >= 15 is 0 Å². The molecular weight excluding hydrogens is 366 g/mol. The first-order chi connectivity index (χ1) is 14.0. The van der Waals surface area contributed by atoms with Gasteiger partial charge in [-0.2, -0.15) is 0 Å². The van der Waals surface area contributed by atoms with Crippen molar-refractivity contribution >= 4 is 27.7 Å². The van der Waals surface area contributed by atoms with E-state index in [-0.39, 0.29) is 30.1 Å². The predicted molar refractivity (Wildman–Crippen MR) is 115 cm³/mol. The lowest BCUT2D eigenvalue weighted by molar-refractivity contribution is -0.121. The number of fused-ring (bicyclic) bond motifs is 2. The highest BCUT2D eigenvalue weighted by Gasteiger charge is 2.21. The molecule has 2 atom stereocenters. The highest BCUT2D eigenvalue weighted by Crippen LogP contribution is 2.19. The summed E-state index contributed by atoms with van der Waals surface area (Å²) in [5, 5.41) is 4.30. The fourth-order valence-corrected chi connectivity index (χ4v) is 4.27. The smallest absolute Gasteiger partial charge is 0.240 e. The normalized spacial score (nSPS) is 20.2. The first kappa shape index (κ1) is 19.6. The molecule has 1 saturated heterocycles. The van der Waals surface area contributed by atoms with Gasteiger partial charge in [0.25, 0.3) is 0 Å². The molecule has 1 aromatic heterocycles. The second-order valence-corrected chi connectivity index (χ2v) is 7.82. The van der Waals surface area contributed by atoms with Crippen molar-refractivity contribution < 1.29 is 9.53 Å². The van der Waals surface area contributed by atoms with Crippen LogP contribution < -0.4 is 10.7 Å². The van der Waals surface area contributed by atoms with Gasteiger partial charge in [-0.05, 0) is 38.1 Å². The maximum Gasteiger partial charge on any atom is 0.240 e. The van der Waals surface area contributed by atoms with Crippen LogP contribution in [0.3, 0.4) is 0 Å². The summed E-state index contributed by atoms with van der Waals surface area (Å²) >= 11 is 0. The van der Waals surface area contributed by atoms with E-state index in [1.807, 2.05) is 53.1 Å². The summed E-state index contributed by atoms with van der Waals surface area (Å²) in [5.41, 5.74) is 1.56. The summed E-state index contributed by atoms with van der Waals surface area (Å²) in [6.45, 7) is 7.49. The summed E-state index contributed by atoms with van der Waals surface area (Å²) in [5.74, 6) is -0.0571. The van der Waals surface area contributed by atoms with Crippen molar-refractivity contribution in [3.05, 3.63) is 58.8 Å². The van der Waals surface area contributed by atoms with Gasteiger partial charge in [0.2, 0.25) is 5.91 Å². The van der Waals surface area contributed by atoms with E-state index in [1.54, 1.807) is 0 Å². The molecule has 152 valence electrons. The number of amides is 1. The highest BCUT2D eigenvalue weighted by atomic mass is 16.5. The van der Waals surface area contributed by atoms with Crippen LogP contribution in [0.2, 0.25) is 0 Å². The molecule has 6 heteroatoms. The number of carbonyl (C=O) groups excluding carboxylic acids is 1. The number of carbonyl (C=O) groups is 1. The van der Waals surface area contributed by atoms with Crippen LogP contribution in [0.15, 0.2) is 53.3 Å². The van der Waals surface area contributed by atoms with Gasteiger partial charge >= 0.3 is 0 Å². The Hall–Kier alpha value is -2.70. The van der Waals surface area contributed by atoms with Gasteiger partial charge in [-0.25, -0.2) is 0 Å². The first-order valence-corrected chi connectivity index (χ1v) is 10.2. The fourth-order valence-electron chi connectivity index (χ4n) is 4.27. The van der Waals surface area contributed by atoms with E-state index in [0.717, 1.165) is 30.7 Å². The second-order valence-electron chi connectivity index (χ2n) is 7.82. The Balaban J connectivity index is 1.50. The minimum absolute atomic E-state index is 0.00316. The molecule has 2 unspecified atom stereocenters. The lowest BCUT2D eigenvalue weighted by Gasteiger charge is -2.35. The summed E-state index contributed by atoms with van der Waals surface area (Å²) < 4.78 is 7.69. The molecule has 1 amide bonds. The zero-order chi connectivity index (χ0) is 20.4. The molecule has 3 aromatic rings. The number of hydrogen-bond acceptors (Lipinski definition) is 4. The summed E-state index contributed by atoms with van der Waals surface area (Å²) in [4.78, 5) is 27.8. The molecule has 0 aliphatic carbocycles. The molecule has 0 bridgehead atoms. The zero-order valence-electron chi connectivity index (χ0n) is 16.9. The number of aromatic nitrogens is 1. The first-order valence-electron chi connectivity index (χ1n) is 10.2. The Kier molecular flexibility index (Phi) is 5.65. The molecule has 6 nitrogen and oxygen atoms in total.